The Morgan fingerprint density at radius 2 is 2.10 bits per heavy atom. The Kier molecular flexibility index (Phi) is 2.74. The molecule has 0 aliphatic carbocycles. The summed E-state index contributed by atoms with van der Waals surface area (Å²) in [5.74, 6) is -2.92. The molecule has 1 N–H and O–H groups in total. The quantitative estimate of drug-likeness (QED) is 0.799. The first-order valence-electron chi connectivity index (χ1n) is 5.66. The maximum Gasteiger partial charge on any atom is 0.323 e. The van der Waals surface area contributed by atoms with Gasteiger partial charge < -0.3 is 14.1 Å². The molecule has 5 nitrogen and oxygen atoms in total. The van der Waals surface area contributed by atoms with Crippen molar-refractivity contribution >= 4 is 17.0 Å². The smallest absolute Gasteiger partial charge is 0.323 e. The third-order valence-electron chi connectivity index (χ3n) is 2.86. The highest BCUT2D eigenvalue weighted by atomic mass is 19.2. The molecule has 2 aromatic heterocycles. The summed E-state index contributed by atoms with van der Waals surface area (Å²) < 4.78 is 32.8. The van der Waals surface area contributed by atoms with Crippen molar-refractivity contribution in [1.29, 1.82) is 0 Å². The minimum atomic E-state index is -1.11. The Bertz CT molecular complexity index is 794. The molecule has 0 saturated carbocycles. The SMILES string of the molecule is O=C(O)Cn1c(-c2ccoc2)nc2cc(F)c(F)cc21. The number of aliphatic carboxylic acids is 1. The van der Waals surface area contributed by atoms with Crippen molar-refractivity contribution in [3.63, 3.8) is 0 Å². The summed E-state index contributed by atoms with van der Waals surface area (Å²) in [6.45, 7) is -0.415. The summed E-state index contributed by atoms with van der Waals surface area (Å²) in [4.78, 5) is 15.1. The number of furan rings is 1. The van der Waals surface area contributed by atoms with E-state index in [1.807, 2.05) is 0 Å². The van der Waals surface area contributed by atoms with Crippen molar-refractivity contribution in [3.8, 4) is 11.4 Å². The topological polar surface area (TPSA) is 68.3 Å². The van der Waals surface area contributed by atoms with E-state index < -0.39 is 24.1 Å². The van der Waals surface area contributed by atoms with Crippen LogP contribution < -0.4 is 0 Å². The average Bonchev–Trinajstić information content (AvgIpc) is 2.99. The van der Waals surface area contributed by atoms with Crippen LogP contribution in [0.1, 0.15) is 0 Å². The van der Waals surface area contributed by atoms with Crippen molar-refractivity contribution in [2.24, 2.45) is 0 Å². The normalized spacial score (nSPS) is 11.1. The monoisotopic (exact) mass is 278 g/mol. The molecule has 20 heavy (non-hydrogen) atoms. The van der Waals surface area contributed by atoms with Gasteiger partial charge in [-0.05, 0) is 6.07 Å². The molecule has 1 aromatic carbocycles. The molecule has 0 aliphatic rings. The standard InChI is InChI=1S/C13H8F2N2O3/c14-8-3-10-11(4-9(8)15)17(5-12(18)19)13(16-10)7-1-2-20-6-7/h1-4,6H,5H2,(H,18,19). The number of benzene rings is 1. The van der Waals surface area contributed by atoms with Gasteiger partial charge in [-0.1, -0.05) is 0 Å². The summed E-state index contributed by atoms with van der Waals surface area (Å²) >= 11 is 0. The second-order valence-corrected chi connectivity index (χ2v) is 4.18. The van der Waals surface area contributed by atoms with E-state index in [0.29, 0.717) is 5.56 Å². The molecule has 3 aromatic rings. The maximum absolute atomic E-state index is 13.3. The van der Waals surface area contributed by atoms with Crippen LogP contribution in [-0.2, 0) is 11.3 Å². The lowest BCUT2D eigenvalue weighted by molar-refractivity contribution is -0.137. The number of hydrogen-bond donors (Lipinski definition) is 1. The highest BCUT2D eigenvalue weighted by molar-refractivity contribution is 5.82. The fraction of sp³-hybridized carbons (Fsp3) is 0.0769. The van der Waals surface area contributed by atoms with Crippen LogP contribution in [0.25, 0.3) is 22.4 Å². The van der Waals surface area contributed by atoms with Crippen molar-refractivity contribution in [2.45, 2.75) is 6.54 Å². The van der Waals surface area contributed by atoms with Gasteiger partial charge in [-0.3, -0.25) is 4.79 Å². The van der Waals surface area contributed by atoms with Crippen LogP contribution in [0.3, 0.4) is 0 Å². The Balaban J connectivity index is 2.30. The molecule has 102 valence electrons. The minimum absolute atomic E-state index is 0.182. The van der Waals surface area contributed by atoms with Crippen LogP contribution in [0.15, 0.2) is 35.1 Å². The first-order chi connectivity index (χ1) is 9.56. The molecule has 0 bridgehead atoms. The molecule has 2 heterocycles. The maximum atomic E-state index is 13.3. The van der Waals surface area contributed by atoms with Crippen LogP contribution in [0.2, 0.25) is 0 Å². The molecule has 0 spiro atoms. The number of carboxylic acid groups (broad SMARTS) is 1. The summed E-state index contributed by atoms with van der Waals surface area (Å²) in [6, 6.07) is 3.46. The molecular formula is C13H8F2N2O3. The van der Waals surface area contributed by atoms with Crippen LogP contribution in [0, 0.1) is 11.6 Å². The van der Waals surface area contributed by atoms with Gasteiger partial charge in [0, 0.05) is 12.1 Å². The summed E-state index contributed by atoms with van der Waals surface area (Å²) in [5.41, 5.74) is 0.923. The summed E-state index contributed by atoms with van der Waals surface area (Å²) in [6.07, 6.45) is 2.78. The third kappa shape index (κ3) is 1.93. The number of carbonyl (C=O) groups is 1. The van der Waals surface area contributed by atoms with E-state index in [9.17, 15) is 13.6 Å². The second kappa shape index (κ2) is 4.44. The number of fused-ring (bicyclic) bond motifs is 1. The molecule has 0 unspecified atom stereocenters. The molecule has 0 aliphatic heterocycles. The van der Waals surface area contributed by atoms with Gasteiger partial charge in [0.2, 0.25) is 0 Å². The van der Waals surface area contributed by atoms with E-state index in [4.69, 9.17) is 9.52 Å². The molecule has 0 radical (unpaired) electrons. The van der Waals surface area contributed by atoms with Gasteiger partial charge >= 0.3 is 5.97 Å². The fourth-order valence-corrected chi connectivity index (χ4v) is 2.03. The molecular weight excluding hydrogens is 270 g/mol. The Morgan fingerprint density at radius 1 is 1.35 bits per heavy atom. The second-order valence-electron chi connectivity index (χ2n) is 4.18. The number of nitrogens with zero attached hydrogens (tertiary/aromatic N) is 2. The van der Waals surface area contributed by atoms with E-state index in [1.54, 1.807) is 6.07 Å². The van der Waals surface area contributed by atoms with Gasteiger partial charge in [0.15, 0.2) is 11.6 Å². The van der Waals surface area contributed by atoms with Crippen molar-refractivity contribution in [1.82, 2.24) is 9.55 Å². The lowest BCUT2D eigenvalue weighted by Gasteiger charge is -2.04. The lowest BCUT2D eigenvalue weighted by Crippen LogP contribution is -2.10. The number of halogens is 2. The number of carboxylic acids is 1. The summed E-state index contributed by atoms with van der Waals surface area (Å²) in [5, 5.41) is 8.95. The molecule has 0 atom stereocenters. The summed E-state index contributed by atoms with van der Waals surface area (Å²) in [7, 11) is 0. The number of aromatic nitrogens is 2. The van der Waals surface area contributed by atoms with Gasteiger partial charge in [0.25, 0.3) is 0 Å². The first-order valence-corrected chi connectivity index (χ1v) is 5.66. The Morgan fingerprint density at radius 3 is 2.75 bits per heavy atom. The van der Waals surface area contributed by atoms with Gasteiger partial charge in [-0.25, -0.2) is 13.8 Å². The van der Waals surface area contributed by atoms with E-state index >= 15 is 0 Å². The van der Waals surface area contributed by atoms with Gasteiger partial charge in [0.05, 0.1) is 22.9 Å². The third-order valence-corrected chi connectivity index (χ3v) is 2.86. The van der Waals surface area contributed by atoms with Crippen molar-refractivity contribution in [2.75, 3.05) is 0 Å². The van der Waals surface area contributed by atoms with Crippen LogP contribution in [0.5, 0.6) is 0 Å². The lowest BCUT2D eigenvalue weighted by atomic mass is 10.3. The van der Waals surface area contributed by atoms with Crippen LogP contribution in [0.4, 0.5) is 8.78 Å². The molecule has 0 amide bonds. The fourth-order valence-electron chi connectivity index (χ4n) is 2.03. The number of hydrogen-bond acceptors (Lipinski definition) is 3. The molecule has 3 rings (SSSR count). The van der Waals surface area contributed by atoms with E-state index in [2.05, 4.69) is 4.98 Å². The van der Waals surface area contributed by atoms with E-state index in [-0.39, 0.29) is 16.9 Å². The Labute approximate surface area is 111 Å². The highest BCUT2D eigenvalue weighted by Gasteiger charge is 2.17. The largest absolute Gasteiger partial charge is 0.480 e. The minimum Gasteiger partial charge on any atom is -0.480 e. The Hall–Kier alpha value is -2.70. The van der Waals surface area contributed by atoms with Crippen molar-refractivity contribution < 1.29 is 23.1 Å². The molecule has 0 fully saturated rings. The number of rotatable bonds is 3. The molecule has 7 heteroatoms. The highest BCUT2D eigenvalue weighted by Crippen LogP contribution is 2.26. The first kappa shape index (κ1) is 12.3. The average molecular weight is 278 g/mol. The zero-order chi connectivity index (χ0) is 14.3. The number of imidazole rings is 1. The zero-order valence-electron chi connectivity index (χ0n) is 10.0. The van der Waals surface area contributed by atoms with Crippen LogP contribution >= 0.6 is 0 Å². The molecule has 0 saturated heterocycles. The van der Waals surface area contributed by atoms with E-state index in [1.165, 1.54) is 17.1 Å². The van der Waals surface area contributed by atoms with E-state index in [0.717, 1.165) is 12.1 Å². The van der Waals surface area contributed by atoms with Gasteiger partial charge in [-0.2, -0.15) is 0 Å². The van der Waals surface area contributed by atoms with Crippen molar-refractivity contribution in [3.05, 3.63) is 42.4 Å². The van der Waals surface area contributed by atoms with Crippen LogP contribution in [-0.4, -0.2) is 20.6 Å². The van der Waals surface area contributed by atoms with Gasteiger partial charge in [0.1, 0.15) is 18.6 Å². The predicted octanol–water partition coefficient (Wildman–Crippen LogP) is 2.66. The predicted molar refractivity (Wildman–Crippen MR) is 65.0 cm³/mol. The van der Waals surface area contributed by atoms with Gasteiger partial charge in [-0.15, -0.1) is 0 Å². The zero-order valence-corrected chi connectivity index (χ0v) is 10.0.